The molecule has 2 N–H and O–H groups in total. The molecule has 0 saturated carbocycles. The van der Waals surface area contributed by atoms with E-state index in [4.69, 9.17) is 9.47 Å². The minimum absolute atomic E-state index is 0.285. The minimum atomic E-state index is -1.10. The first-order valence-corrected chi connectivity index (χ1v) is 6.58. The van der Waals surface area contributed by atoms with E-state index in [1.807, 2.05) is 24.3 Å². The van der Waals surface area contributed by atoms with E-state index in [1.54, 1.807) is 13.8 Å². The molecule has 1 saturated heterocycles. The van der Waals surface area contributed by atoms with Gasteiger partial charge < -0.3 is 14.8 Å². The Balaban J connectivity index is 2.08. The number of para-hydroxylation sites is 1. The number of fused-ring (bicyclic) bond motifs is 4. The molecule has 1 aromatic rings. The highest BCUT2D eigenvalue weighted by Gasteiger charge is 2.56. The van der Waals surface area contributed by atoms with Crippen LogP contribution in [0.4, 0.5) is 4.79 Å². The van der Waals surface area contributed by atoms with Gasteiger partial charge in [-0.2, -0.15) is 0 Å². The molecule has 2 aliphatic rings. The molecule has 0 spiro atoms. The highest BCUT2D eigenvalue weighted by molar-refractivity contribution is 5.84. The zero-order valence-corrected chi connectivity index (χ0v) is 11.3. The predicted octanol–water partition coefficient (Wildman–Crippen LogP) is 1.33. The number of carbonyl (C=O) groups excluding carboxylic acids is 2. The summed E-state index contributed by atoms with van der Waals surface area (Å²) in [6.45, 7) is 3.73. The van der Waals surface area contributed by atoms with E-state index >= 15 is 0 Å². The Hall–Kier alpha value is -2.24. The summed E-state index contributed by atoms with van der Waals surface area (Å²) in [6.07, 6.45) is 0. The molecule has 2 heterocycles. The number of hydrogen-bond acceptors (Lipinski definition) is 4. The number of carbonyl (C=O) groups is 2. The Morgan fingerprint density at radius 1 is 1.45 bits per heavy atom. The second-order valence-corrected chi connectivity index (χ2v) is 5.05. The van der Waals surface area contributed by atoms with Gasteiger partial charge in [0, 0.05) is 5.56 Å². The van der Waals surface area contributed by atoms with E-state index in [-0.39, 0.29) is 18.6 Å². The smallest absolute Gasteiger partial charge is 0.318 e. The van der Waals surface area contributed by atoms with Gasteiger partial charge in [-0.25, -0.2) is 4.79 Å². The number of rotatable bonds is 2. The third-order valence-electron chi connectivity index (χ3n) is 3.69. The third-order valence-corrected chi connectivity index (χ3v) is 3.69. The quantitative estimate of drug-likeness (QED) is 0.799. The van der Waals surface area contributed by atoms with Crippen LogP contribution < -0.4 is 15.4 Å². The predicted molar refractivity (Wildman–Crippen MR) is 70.0 cm³/mol. The van der Waals surface area contributed by atoms with Crippen molar-refractivity contribution in [3.05, 3.63) is 29.8 Å². The average Bonchev–Trinajstić information content (AvgIpc) is 2.37. The van der Waals surface area contributed by atoms with Gasteiger partial charge in [-0.15, -0.1) is 0 Å². The van der Waals surface area contributed by atoms with E-state index in [0.717, 1.165) is 5.56 Å². The molecular formula is C14H16N2O4. The van der Waals surface area contributed by atoms with Crippen LogP contribution in [0.3, 0.4) is 0 Å². The number of urea groups is 1. The highest BCUT2D eigenvalue weighted by atomic mass is 16.5. The Labute approximate surface area is 116 Å². The number of hydrogen-bond donors (Lipinski definition) is 2. The maximum absolute atomic E-state index is 12.2. The molecular weight excluding hydrogens is 260 g/mol. The molecule has 3 atom stereocenters. The summed E-state index contributed by atoms with van der Waals surface area (Å²) in [6, 6.07) is 6.56. The maximum atomic E-state index is 12.2. The van der Waals surface area contributed by atoms with Crippen LogP contribution in [0.2, 0.25) is 0 Å². The fourth-order valence-electron chi connectivity index (χ4n) is 2.88. The zero-order chi connectivity index (χ0) is 14.3. The van der Waals surface area contributed by atoms with Crippen LogP contribution in [0.5, 0.6) is 5.75 Å². The molecule has 2 aliphatic heterocycles. The molecule has 6 heteroatoms. The Bertz CT molecular complexity index is 574. The topological polar surface area (TPSA) is 76.7 Å². The van der Waals surface area contributed by atoms with Crippen LogP contribution in [0, 0.1) is 5.92 Å². The van der Waals surface area contributed by atoms with Gasteiger partial charge in [-0.05, 0) is 19.9 Å². The lowest BCUT2D eigenvalue weighted by molar-refractivity contribution is -0.162. The van der Waals surface area contributed by atoms with Crippen molar-refractivity contribution < 1.29 is 19.1 Å². The van der Waals surface area contributed by atoms with Crippen molar-refractivity contribution in [1.82, 2.24) is 10.6 Å². The molecule has 0 aromatic heterocycles. The monoisotopic (exact) mass is 276 g/mol. The molecule has 0 unspecified atom stereocenters. The van der Waals surface area contributed by atoms with Crippen molar-refractivity contribution in [2.45, 2.75) is 25.6 Å². The molecule has 2 bridgehead atoms. The molecule has 0 radical (unpaired) electrons. The van der Waals surface area contributed by atoms with E-state index in [9.17, 15) is 9.59 Å². The van der Waals surface area contributed by atoms with Crippen molar-refractivity contribution in [2.24, 2.45) is 5.92 Å². The fourth-order valence-corrected chi connectivity index (χ4v) is 2.88. The normalized spacial score (nSPS) is 30.4. The van der Waals surface area contributed by atoms with Crippen molar-refractivity contribution >= 4 is 12.0 Å². The van der Waals surface area contributed by atoms with Gasteiger partial charge in [0.25, 0.3) is 0 Å². The SMILES string of the molecule is CCOC(=O)[C@H]1[C@H]2NC(=O)N[C@@]1(C)Oc1ccccc12. The van der Waals surface area contributed by atoms with E-state index in [1.165, 1.54) is 0 Å². The minimum Gasteiger partial charge on any atom is -0.467 e. The van der Waals surface area contributed by atoms with Crippen LogP contribution in [0.1, 0.15) is 25.5 Å². The van der Waals surface area contributed by atoms with Crippen molar-refractivity contribution in [1.29, 1.82) is 0 Å². The molecule has 1 aromatic carbocycles. The van der Waals surface area contributed by atoms with E-state index in [2.05, 4.69) is 10.6 Å². The standard InChI is InChI=1S/C14H16N2O4/c1-3-19-12(17)10-11-8-6-4-5-7-9(8)20-14(10,2)16-13(18)15-11/h4-7,10-11H,3H2,1-2H3,(H2,15,16,18)/t10-,11+,14+/m1/s1. The van der Waals surface area contributed by atoms with Crippen molar-refractivity contribution in [2.75, 3.05) is 6.61 Å². The molecule has 1 fully saturated rings. The van der Waals surface area contributed by atoms with Crippen LogP contribution in [-0.4, -0.2) is 24.3 Å². The molecule has 0 aliphatic carbocycles. The first-order valence-electron chi connectivity index (χ1n) is 6.58. The zero-order valence-electron chi connectivity index (χ0n) is 11.3. The Morgan fingerprint density at radius 3 is 2.95 bits per heavy atom. The molecule has 3 rings (SSSR count). The summed E-state index contributed by atoms with van der Waals surface area (Å²) < 4.78 is 11.0. The van der Waals surface area contributed by atoms with Crippen molar-refractivity contribution in [3.63, 3.8) is 0 Å². The van der Waals surface area contributed by atoms with Gasteiger partial charge in [0.05, 0.1) is 12.6 Å². The maximum Gasteiger partial charge on any atom is 0.318 e. The van der Waals surface area contributed by atoms with Gasteiger partial charge >= 0.3 is 12.0 Å². The number of amides is 2. The number of ether oxygens (including phenoxy) is 2. The second-order valence-electron chi connectivity index (χ2n) is 5.05. The Morgan fingerprint density at radius 2 is 2.20 bits per heavy atom. The first kappa shape index (κ1) is 12.8. The van der Waals surface area contributed by atoms with Gasteiger partial charge in [0.1, 0.15) is 11.7 Å². The van der Waals surface area contributed by atoms with Crippen LogP contribution >= 0.6 is 0 Å². The largest absolute Gasteiger partial charge is 0.467 e. The van der Waals surface area contributed by atoms with Gasteiger partial charge in [0.2, 0.25) is 0 Å². The summed E-state index contributed by atoms with van der Waals surface area (Å²) in [4.78, 5) is 24.0. The van der Waals surface area contributed by atoms with Gasteiger partial charge in [-0.3, -0.25) is 10.1 Å². The highest BCUT2D eigenvalue weighted by Crippen LogP contribution is 2.44. The number of nitrogens with one attached hydrogen (secondary N) is 2. The molecule has 106 valence electrons. The summed E-state index contributed by atoms with van der Waals surface area (Å²) in [5.41, 5.74) is -0.314. The lowest BCUT2D eigenvalue weighted by atomic mass is 9.80. The van der Waals surface area contributed by atoms with E-state index in [0.29, 0.717) is 5.75 Å². The molecule has 2 amide bonds. The fraction of sp³-hybridized carbons (Fsp3) is 0.429. The number of esters is 1. The lowest BCUT2D eigenvalue weighted by Gasteiger charge is -2.48. The molecule has 6 nitrogen and oxygen atoms in total. The molecule has 20 heavy (non-hydrogen) atoms. The third kappa shape index (κ3) is 1.79. The van der Waals surface area contributed by atoms with Crippen LogP contribution in [-0.2, 0) is 9.53 Å². The van der Waals surface area contributed by atoms with Gasteiger partial charge in [-0.1, -0.05) is 18.2 Å². The van der Waals surface area contributed by atoms with Crippen LogP contribution in [0.15, 0.2) is 24.3 Å². The lowest BCUT2D eigenvalue weighted by Crippen LogP contribution is -2.70. The van der Waals surface area contributed by atoms with Gasteiger partial charge in [0.15, 0.2) is 5.72 Å². The van der Waals surface area contributed by atoms with E-state index < -0.39 is 17.7 Å². The number of benzene rings is 1. The summed E-state index contributed by atoms with van der Waals surface area (Å²) in [5, 5.41) is 5.47. The summed E-state index contributed by atoms with van der Waals surface area (Å²) >= 11 is 0. The second kappa shape index (κ2) is 4.40. The van der Waals surface area contributed by atoms with Crippen LogP contribution in [0.25, 0.3) is 0 Å². The summed E-state index contributed by atoms with van der Waals surface area (Å²) in [7, 11) is 0. The average molecular weight is 276 g/mol. The van der Waals surface area contributed by atoms with Crippen molar-refractivity contribution in [3.8, 4) is 5.75 Å². The Kier molecular flexibility index (Phi) is 2.81. The first-order chi connectivity index (χ1) is 9.55. The summed E-state index contributed by atoms with van der Waals surface area (Å²) in [5.74, 6) is -0.356.